The summed E-state index contributed by atoms with van der Waals surface area (Å²) in [5.41, 5.74) is 6.29. The second-order valence-corrected chi connectivity index (χ2v) is 3.51. The van der Waals surface area contributed by atoms with Crippen LogP contribution < -0.4 is 5.73 Å². The van der Waals surface area contributed by atoms with Crippen molar-refractivity contribution in [3.8, 4) is 5.69 Å². The summed E-state index contributed by atoms with van der Waals surface area (Å²) in [5, 5.41) is 7.33. The van der Waals surface area contributed by atoms with E-state index in [0.29, 0.717) is 5.69 Å². The van der Waals surface area contributed by atoms with Crippen molar-refractivity contribution in [1.82, 2.24) is 14.8 Å². The van der Waals surface area contributed by atoms with E-state index in [0.717, 1.165) is 0 Å². The zero-order valence-corrected chi connectivity index (χ0v) is 9.47. The smallest absolute Gasteiger partial charge is 0.149 e. The van der Waals surface area contributed by atoms with Crippen LogP contribution in [0.4, 0.5) is 10.1 Å². The summed E-state index contributed by atoms with van der Waals surface area (Å²) in [4.78, 5) is 3.88. The molecule has 0 saturated heterocycles. The minimum absolute atomic E-state index is 0.0519. The molecule has 0 fully saturated rings. The van der Waals surface area contributed by atoms with Crippen LogP contribution in [0.2, 0.25) is 0 Å². The maximum absolute atomic E-state index is 13.5. The molecule has 0 radical (unpaired) electrons. The van der Waals surface area contributed by atoms with Crippen molar-refractivity contribution in [1.29, 1.82) is 0 Å². The standard InChI is InChI=1S/C10H9ClFN5/c11-4-10(13)16-9-3-7(1-2-8(9)12)17-5-14-15-6-17/h1-3,5-6H,4H2,(H2,13,16). The van der Waals surface area contributed by atoms with E-state index >= 15 is 0 Å². The number of amidine groups is 1. The van der Waals surface area contributed by atoms with Gasteiger partial charge in [0.25, 0.3) is 0 Å². The molecule has 2 N–H and O–H groups in total. The molecule has 0 saturated carbocycles. The van der Waals surface area contributed by atoms with Gasteiger partial charge in [0.05, 0.1) is 11.6 Å². The maximum Gasteiger partial charge on any atom is 0.149 e. The normalized spacial score (nSPS) is 11.8. The van der Waals surface area contributed by atoms with E-state index in [-0.39, 0.29) is 17.4 Å². The Morgan fingerprint density at radius 1 is 1.41 bits per heavy atom. The van der Waals surface area contributed by atoms with Crippen LogP contribution in [0.15, 0.2) is 35.8 Å². The molecule has 0 aliphatic carbocycles. The third-order valence-electron chi connectivity index (χ3n) is 2.05. The number of nitrogens with zero attached hydrogens (tertiary/aromatic N) is 4. The third kappa shape index (κ3) is 2.59. The number of aromatic nitrogens is 3. The van der Waals surface area contributed by atoms with E-state index in [9.17, 15) is 4.39 Å². The number of benzene rings is 1. The molecule has 0 unspecified atom stereocenters. The average molecular weight is 254 g/mol. The van der Waals surface area contributed by atoms with Gasteiger partial charge in [0, 0.05) is 0 Å². The summed E-state index contributed by atoms with van der Waals surface area (Å²) in [6.07, 6.45) is 3.01. The molecule has 0 atom stereocenters. The van der Waals surface area contributed by atoms with Gasteiger partial charge in [-0.1, -0.05) is 0 Å². The summed E-state index contributed by atoms with van der Waals surface area (Å²) >= 11 is 5.49. The van der Waals surface area contributed by atoms with Gasteiger partial charge in [-0.2, -0.15) is 0 Å². The molecule has 7 heteroatoms. The van der Waals surface area contributed by atoms with Crippen LogP contribution in [0.1, 0.15) is 0 Å². The zero-order valence-electron chi connectivity index (χ0n) is 8.72. The van der Waals surface area contributed by atoms with Crippen molar-refractivity contribution >= 4 is 23.1 Å². The van der Waals surface area contributed by atoms with Crippen molar-refractivity contribution in [3.63, 3.8) is 0 Å². The quantitative estimate of drug-likeness (QED) is 0.514. The molecular weight excluding hydrogens is 245 g/mol. The maximum atomic E-state index is 13.5. The first kappa shape index (κ1) is 11.5. The molecule has 88 valence electrons. The highest BCUT2D eigenvalue weighted by Gasteiger charge is 2.04. The Morgan fingerprint density at radius 3 is 2.76 bits per heavy atom. The first-order valence-electron chi connectivity index (χ1n) is 4.74. The van der Waals surface area contributed by atoms with Gasteiger partial charge in [0.1, 0.15) is 30.0 Å². The number of rotatable bonds is 3. The molecular formula is C10H9ClFN5. The van der Waals surface area contributed by atoms with Gasteiger partial charge in [-0.3, -0.25) is 4.57 Å². The Hall–Kier alpha value is -1.95. The largest absolute Gasteiger partial charge is 0.386 e. The van der Waals surface area contributed by atoms with E-state index in [2.05, 4.69) is 15.2 Å². The SMILES string of the molecule is NC(CCl)=Nc1cc(-n2cnnc2)ccc1F. The second kappa shape index (κ2) is 4.92. The lowest BCUT2D eigenvalue weighted by atomic mass is 10.2. The summed E-state index contributed by atoms with van der Waals surface area (Å²) in [6, 6.07) is 4.43. The van der Waals surface area contributed by atoms with Crippen LogP contribution in [-0.2, 0) is 0 Å². The minimum atomic E-state index is -0.463. The predicted molar refractivity (Wildman–Crippen MR) is 63.3 cm³/mol. The Balaban J connectivity index is 2.43. The van der Waals surface area contributed by atoms with Gasteiger partial charge in [-0.15, -0.1) is 21.8 Å². The highest BCUT2D eigenvalue weighted by atomic mass is 35.5. The molecule has 2 rings (SSSR count). The van der Waals surface area contributed by atoms with E-state index in [1.54, 1.807) is 10.6 Å². The Morgan fingerprint density at radius 2 is 2.12 bits per heavy atom. The number of hydrogen-bond donors (Lipinski definition) is 1. The lowest BCUT2D eigenvalue weighted by Gasteiger charge is -2.04. The van der Waals surface area contributed by atoms with E-state index in [4.69, 9.17) is 17.3 Å². The zero-order chi connectivity index (χ0) is 12.3. The monoisotopic (exact) mass is 253 g/mol. The van der Waals surface area contributed by atoms with Crippen LogP contribution in [0.3, 0.4) is 0 Å². The van der Waals surface area contributed by atoms with Gasteiger partial charge in [0.2, 0.25) is 0 Å². The lowest BCUT2D eigenvalue weighted by Crippen LogP contribution is -2.12. The molecule has 1 aromatic heterocycles. The molecule has 0 bridgehead atoms. The first-order chi connectivity index (χ1) is 8.20. The summed E-state index contributed by atoms with van der Waals surface area (Å²) in [6.45, 7) is 0. The van der Waals surface area contributed by atoms with E-state index in [1.165, 1.54) is 24.8 Å². The average Bonchev–Trinajstić information content (AvgIpc) is 2.85. The molecule has 5 nitrogen and oxygen atoms in total. The highest BCUT2D eigenvalue weighted by Crippen LogP contribution is 2.21. The van der Waals surface area contributed by atoms with Crippen molar-refractivity contribution in [2.24, 2.45) is 10.7 Å². The van der Waals surface area contributed by atoms with Crippen molar-refractivity contribution < 1.29 is 4.39 Å². The number of hydrogen-bond acceptors (Lipinski definition) is 3. The van der Waals surface area contributed by atoms with E-state index in [1.807, 2.05) is 0 Å². The molecule has 0 amide bonds. The van der Waals surface area contributed by atoms with Gasteiger partial charge < -0.3 is 5.73 Å². The number of halogens is 2. The van der Waals surface area contributed by atoms with Gasteiger partial charge >= 0.3 is 0 Å². The molecule has 17 heavy (non-hydrogen) atoms. The second-order valence-electron chi connectivity index (χ2n) is 3.24. The number of alkyl halides is 1. The molecule has 1 aromatic carbocycles. The van der Waals surface area contributed by atoms with Gasteiger partial charge in [0.15, 0.2) is 0 Å². The summed E-state index contributed by atoms with van der Waals surface area (Å²) in [5.74, 6) is -0.252. The predicted octanol–water partition coefficient (Wildman–Crippen LogP) is 1.63. The van der Waals surface area contributed by atoms with Gasteiger partial charge in [-0.05, 0) is 18.2 Å². The molecule has 0 aliphatic rings. The van der Waals surface area contributed by atoms with Gasteiger partial charge in [-0.25, -0.2) is 9.38 Å². The van der Waals surface area contributed by atoms with Crippen LogP contribution >= 0.6 is 11.6 Å². The van der Waals surface area contributed by atoms with Crippen LogP contribution in [-0.4, -0.2) is 26.5 Å². The summed E-state index contributed by atoms with van der Waals surface area (Å²) in [7, 11) is 0. The first-order valence-corrected chi connectivity index (χ1v) is 5.27. The van der Waals surface area contributed by atoms with Crippen molar-refractivity contribution in [2.75, 3.05) is 5.88 Å². The molecule has 2 aromatic rings. The Bertz CT molecular complexity index is 538. The topological polar surface area (TPSA) is 69.1 Å². The van der Waals surface area contributed by atoms with Crippen molar-refractivity contribution in [3.05, 3.63) is 36.7 Å². The fraction of sp³-hybridized carbons (Fsp3) is 0.100. The summed E-state index contributed by atoms with van der Waals surface area (Å²) < 4.78 is 15.1. The van der Waals surface area contributed by atoms with Crippen LogP contribution in [0, 0.1) is 5.82 Å². The Labute approximate surface area is 102 Å². The molecule has 1 heterocycles. The Kier molecular flexibility index (Phi) is 3.34. The third-order valence-corrected chi connectivity index (χ3v) is 2.32. The van der Waals surface area contributed by atoms with Crippen LogP contribution in [0.25, 0.3) is 5.69 Å². The number of aliphatic imine (C=N–C) groups is 1. The fourth-order valence-corrected chi connectivity index (χ4v) is 1.33. The van der Waals surface area contributed by atoms with Crippen LogP contribution in [0.5, 0.6) is 0 Å². The molecule has 0 spiro atoms. The number of nitrogens with two attached hydrogens (primary N) is 1. The minimum Gasteiger partial charge on any atom is -0.386 e. The highest BCUT2D eigenvalue weighted by molar-refractivity contribution is 6.28. The van der Waals surface area contributed by atoms with E-state index < -0.39 is 5.82 Å². The lowest BCUT2D eigenvalue weighted by molar-refractivity contribution is 0.629. The van der Waals surface area contributed by atoms with Crippen molar-refractivity contribution in [2.45, 2.75) is 0 Å². The molecule has 0 aliphatic heterocycles. The fourth-order valence-electron chi connectivity index (χ4n) is 1.27.